The van der Waals surface area contributed by atoms with Crippen LogP contribution >= 0.6 is 11.3 Å². The zero-order valence-electron chi connectivity index (χ0n) is 15.4. The van der Waals surface area contributed by atoms with Gasteiger partial charge in [-0.15, -0.1) is 11.3 Å². The average molecular weight is 383 g/mol. The molecular formula is C18H25NO6S. The number of carbonyl (C=O) groups is 3. The fraction of sp³-hybridized carbons (Fsp3) is 0.611. The lowest BCUT2D eigenvalue weighted by atomic mass is 9.89. The molecule has 8 heteroatoms. The Labute approximate surface area is 156 Å². The molecule has 0 bridgehead atoms. The van der Waals surface area contributed by atoms with Crippen molar-refractivity contribution in [2.75, 3.05) is 6.61 Å². The van der Waals surface area contributed by atoms with Crippen molar-refractivity contribution >= 4 is 29.0 Å². The molecule has 1 aliphatic heterocycles. The number of thiophene rings is 1. The third kappa shape index (κ3) is 4.90. The molecule has 1 saturated heterocycles. The number of primary amides is 1. The molecule has 3 atom stereocenters. The molecule has 2 N–H and O–H groups in total. The van der Waals surface area contributed by atoms with E-state index >= 15 is 0 Å². The topological polar surface area (TPSA) is 105 Å². The summed E-state index contributed by atoms with van der Waals surface area (Å²) in [6, 6.07) is 3.80. The van der Waals surface area contributed by atoms with Crippen molar-refractivity contribution in [3.63, 3.8) is 0 Å². The summed E-state index contributed by atoms with van der Waals surface area (Å²) in [7, 11) is 0. The highest BCUT2D eigenvalue weighted by atomic mass is 32.1. The minimum Gasteiger partial charge on any atom is -0.449 e. The molecule has 0 aromatic carbocycles. The van der Waals surface area contributed by atoms with Crippen LogP contribution in [0.25, 0.3) is 0 Å². The molecule has 2 heterocycles. The minimum absolute atomic E-state index is 0.206. The first-order valence-electron chi connectivity index (χ1n) is 8.34. The first-order valence-corrected chi connectivity index (χ1v) is 9.22. The van der Waals surface area contributed by atoms with Crippen LogP contribution in [0.2, 0.25) is 0 Å². The van der Waals surface area contributed by atoms with Gasteiger partial charge in [-0.2, -0.15) is 0 Å². The van der Waals surface area contributed by atoms with E-state index in [-0.39, 0.29) is 18.6 Å². The highest BCUT2D eigenvalue weighted by Crippen LogP contribution is 2.29. The quantitative estimate of drug-likeness (QED) is 0.720. The van der Waals surface area contributed by atoms with Gasteiger partial charge in [-0.3, -0.25) is 9.59 Å². The highest BCUT2D eigenvalue weighted by molar-refractivity contribution is 7.09. The van der Waals surface area contributed by atoms with Gasteiger partial charge >= 0.3 is 5.97 Å². The van der Waals surface area contributed by atoms with Crippen molar-refractivity contribution in [1.82, 2.24) is 0 Å². The minimum atomic E-state index is -1.66. The summed E-state index contributed by atoms with van der Waals surface area (Å²) < 4.78 is 16.3. The number of rotatable bonds is 7. The number of nitrogens with two attached hydrogens (primary N) is 1. The highest BCUT2D eigenvalue weighted by Gasteiger charge is 2.54. The molecule has 1 aromatic heterocycles. The van der Waals surface area contributed by atoms with Crippen LogP contribution in [0.15, 0.2) is 17.5 Å². The number of amides is 1. The van der Waals surface area contributed by atoms with Crippen molar-refractivity contribution in [3.8, 4) is 0 Å². The number of ketones is 1. The van der Waals surface area contributed by atoms with Gasteiger partial charge in [0.05, 0.1) is 6.61 Å². The van der Waals surface area contributed by atoms with Crippen LogP contribution in [0.5, 0.6) is 0 Å². The number of carbonyl (C=O) groups excluding carboxylic acids is 3. The Hall–Kier alpha value is -1.77. The number of esters is 1. The number of hydrogen-bond acceptors (Lipinski definition) is 7. The summed E-state index contributed by atoms with van der Waals surface area (Å²) in [5.41, 5.74) is 3.46. The van der Waals surface area contributed by atoms with Gasteiger partial charge in [-0.05, 0) is 30.2 Å². The molecule has 0 aliphatic carbocycles. The van der Waals surface area contributed by atoms with Crippen LogP contribution < -0.4 is 5.73 Å². The van der Waals surface area contributed by atoms with Gasteiger partial charge in [-0.25, -0.2) is 4.79 Å². The Bertz CT molecular complexity index is 666. The zero-order valence-corrected chi connectivity index (χ0v) is 16.3. The maximum absolute atomic E-state index is 12.7. The van der Waals surface area contributed by atoms with Crippen molar-refractivity contribution in [2.45, 2.75) is 58.5 Å². The van der Waals surface area contributed by atoms with Crippen LogP contribution in [-0.2, 0) is 35.2 Å². The second-order valence-electron chi connectivity index (χ2n) is 7.69. The first kappa shape index (κ1) is 20.5. The molecule has 1 aliphatic rings. The largest absolute Gasteiger partial charge is 0.449 e. The SMILES string of the molecule is CC(C)(C)CC(OCc1cccs1)C(=O)OC1C(=O)COC1(C)C(N)=O. The van der Waals surface area contributed by atoms with Crippen LogP contribution in [0, 0.1) is 5.41 Å². The molecule has 26 heavy (non-hydrogen) atoms. The molecule has 0 radical (unpaired) electrons. The summed E-state index contributed by atoms with van der Waals surface area (Å²) in [6.45, 7) is 7.20. The maximum atomic E-state index is 12.7. The molecular weight excluding hydrogens is 358 g/mol. The van der Waals surface area contributed by atoms with Crippen molar-refractivity contribution < 1.29 is 28.6 Å². The van der Waals surface area contributed by atoms with E-state index in [1.165, 1.54) is 18.3 Å². The predicted octanol–water partition coefficient (Wildman–Crippen LogP) is 1.82. The van der Waals surface area contributed by atoms with Gasteiger partial charge in [0, 0.05) is 4.88 Å². The van der Waals surface area contributed by atoms with Gasteiger partial charge in [-0.1, -0.05) is 26.8 Å². The van der Waals surface area contributed by atoms with Gasteiger partial charge in [0.1, 0.15) is 6.61 Å². The predicted molar refractivity (Wildman–Crippen MR) is 95.4 cm³/mol. The Balaban J connectivity index is 2.11. The third-order valence-corrected chi connectivity index (χ3v) is 4.95. The molecule has 144 valence electrons. The van der Waals surface area contributed by atoms with Gasteiger partial charge in [0.15, 0.2) is 17.8 Å². The van der Waals surface area contributed by atoms with E-state index in [9.17, 15) is 14.4 Å². The number of hydrogen-bond donors (Lipinski definition) is 1. The van der Waals surface area contributed by atoms with Gasteiger partial charge in [0.2, 0.25) is 5.78 Å². The molecule has 7 nitrogen and oxygen atoms in total. The Morgan fingerprint density at radius 2 is 2.15 bits per heavy atom. The lowest BCUT2D eigenvalue weighted by Gasteiger charge is -2.29. The van der Waals surface area contributed by atoms with Crippen LogP contribution in [0.1, 0.15) is 39.0 Å². The number of Topliss-reactive ketones (excluding diaryl/α,β-unsaturated/α-hetero) is 1. The van der Waals surface area contributed by atoms with E-state index in [0.717, 1.165) is 4.88 Å². The standard InChI is InChI=1S/C18H25NO6S/c1-17(2,3)8-13(23-9-11-6-5-7-26-11)15(21)25-14-12(20)10-24-18(14,4)16(19)22/h5-7,13-14H,8-10H2,1-4H3,(H2,19,22). The van der Waals surface area contributed by atoms with Crippen LogP contribution in [-0.4, -0.2) is 42.1 Å². The molecule has 3 unspecified atom stereocenters. The van der Waals surface area contributed by atoms with E-state index in [4.69, 9.17) is 19.9 Å². The van der Waals surface area contributed by atoms with E-state index in [1.54, 1.807) is 0 Å². The van der Waals surface area contributed by atoms with Crippen LogP contribution in [0.4, 0.5) is 0 Å². The van der Waals surface area contributed by atoms with E-state index in [0.29, 0.717) is 6.42 Å². The molecule has 1 amide bonds. The van der Waals surface area contributed by atoms with Crippen molar-refractivity contribution in [2.24, 2.45) is 11.1 Å². The lowest BCUT2D eigenvalue weighted by molar-refractivity contribution is -0.177. The normalized spacial score (nSPS) is 24.5. The zero-order chi connectivity index (χ0) is 19.5. The number of ether oxygens (including phenoxy) is 3. The van der Waals surface area contributed by atoms with Gasteiger partial charge in [0.25, 0.3) is 5.91 Å². The Morgan fingerprint density at radius 3 is 2.69 bits per heavy atom. The van der Waals surface area contributed by atoms with Gasteiger partial charge < -0.3 is 19.9 Å². The first-order chi connectivity index (χ1) is 12.0. The second kappa shape index (κ2) is 7.85. The fourth-order valence-corrected chi connectivity index (χ4v) is 3.22. The van der Waals surface area contributed by atoms with Crippen molar-refractivity contribution in [3.05, 3.63) is 22.4 Å². The lowest BCUT2D eigenvalue weighted by Crippen LogP contribution is -2.53. The van der Waals surface area contributed by atoms with E-state index < -0.39 is 35.5 Å². The molecule has 0 spiro atoms. The summed E-state index contributed by atoms with van der Waals surface area (Å²) in [6.07, 6.45) is -1.84. The summed E-state index contributed by atoms with van der Waals surface area (Å²) in [5.74, 6) is -2.05. The Morgan fingerprint density at radius 1 is 1.46 bits per heavy atom. The van der Waals surface area contributed by atoms with Crippen molar-refractivity contribution in [1.29, 1.82) is 0 Å². The molecule has 2 rings (SSSR count). The summed E-state index contributed by atoms with van der Waals surface area (Å²) >= 11 is 1.52. The maximum Gasteiger partial charge on any atom is 0.336 e. The van der Waals surface area contributed by atoms with Crippen LogP contribution in [0.3, 0.4) is 0 Å². The summed E-state index contributed by atoms with van der Waals surface area (Å²) in [5, 5.41) is 1.92. The average Bonchev–Trinajstić information content (AvgIpc) is 3.14. The fourth-order valence-electron chi connectivity index (χ4n) is 2.59. The van der Waals surface area contributed by atoms with E-state index in [2.05, 4.69) is 0 Å². The Kier molecular flexibility index (Phi) is 6.21. The monoisotopic (exact) mass is 383 g/mol. The summed E-state index contributed by atoms with van der Waals surface area (Å²) in [4.78, 5) is 37.4. The second-order valence-corrected chi connectivity index (χ2v) is 8.72. The molecule has 1 aromatic rings. The molecule has 1 fully saturated rings. The molecule has 0 saturated carbocycles. The third-order valence-electron chi connectivity index (χ3n) is 4.10. The smallest absolute Gasteiger partial charge is 0.336 e. The van der Waals surface area contributed by atoms with E-state index in [1.807, 2.05) is 38.3 Å².